The number of hydrogen-bond donors (Lipinski definition) is 0. The second-order valence-corrected chi connectivity index (χ2v) is 1.56. The molecule has 1 nitrogen and oxygen atoms in total. The van der Waals surface area contributed by atoms with E-state index >= 15 is 0 Å². The van der Waals surface area contributed by atoms with Crippen LogP contribution >= 0.6 is 0 Å². The summed E-state index contributed by atoms with van der Waals surface area (Å²) in [6, 6.07) is 0. The molecular weight excluding hydrogens is 100 g/mol. The van der Waals surface area contributed by atoms with Gasteiger partial charge in [0.15, 0.2) is 0 Å². The minimum Gasteiger partial charge on any atom is -0.303 e. The van der Waals surface area contributed by atoms with Crippen molar-refractivity contribution in [1.29, 1.82) is 0 Å². The summed E-state index contributed by atoms with van der Waals surface area (Å²) < 4.78 is 6.54. The van der Waals surface area contributed by atoms with E-state index in [4.69, 9.17) is 1.37 Å². The van der Waals surface area contributed by atoms with Gasteiger partial charge in [-0.25, -0.2) is 0 Å². The molecule has 1 heteroatoms. The van der Waals surface area contributed by atoms with Crippen molar-refractivity contribution in [3.63, 3.8) is 0 Å². The van der Waals surface area contributed by atoms with Gasteiger partial charge in [-0.3, -0.25) is 0 Å². The first kappa shape index (κ1) is 5.54. The smallest absolute Gasteiger partial charge is 0.120 e. The zero-order valence-electron chi connectivity index (χ0n) is 6.18. The maximum atomic E-state index is 10.0. The molecule has 0 amide bonds. The van der Waals surface area contributed by atoms with Gasteiger partial charge in [0.2, 0.25) is 0 Å². The summed E-state index contributed by atoms with van der Waals surface area (Å²) in [5.74, 6) is 0. The Morgan fingerprint density at radius 2 is 2.25 bits per heavy atom. The van der Waals surface area contributed by atoms with Gasteiger partial charge in [0, 0.05) is 6.42 Å². The van der Waals surface area contributed by atoms with Crippen molar-refractivity contribution in [2.45, 2.75) is 26.2 Å². The molecule has 0 aliphatic rings. The average molecular weight is 113 g/mol. The first-order valence-electron chi connectivity index (χ1n) is 3.41. The monoisotopic (exact) mass is 113 g/mol. The minimum absolute atomic E-state index is 0.358. The van der Waals surface area contributed by atoms with Crippen molar-refractivity contribution in [1.82, 2.24) is 0 Å². The van der Waals surface area contributed by atoms with Crippen LogP contribution < -0.4 is 0 Å². The highest BCUT2D eigenvalue weighted by molar-refractivity contribution is 5.49. The number of rotatable bonds is 4. The highest BCUT2D eigenvalue weighted by atomic mass is 16.1. The van der Waals surface area contributed by atoms with E-state index in [0.29, 0.717) is 6.42 Å². The Hall–Kier alpha value is -0.590. The molecule has 0 saturated carbocycles. The summed E-state index contributed by atoms with van der Waals surface area (Å²) in [6.07, 6.45) is 5.55. The van der Waals surface area contributed by atoms with E-state index in [9.17, 15) is 4.79 Å². The lowest BCUT2D eigenvalue weighted by Crippen LogP contribution is -1.69. The van der Waals surface area contributed by atoms with E-state index in [2.05, 4.69) is 0 Å². The van der Waals surface area contributed by atoms with Crippen LogP contribution in [0.15, 0.2) is 12.2 Å². The van der Waals surface area contributed by atoms with E-state index in [-0.39, 0.29) is 0 Å². The van der Waals surface area contributed by atoms with Crippen LogP contribution in [-0.4, -0.2) is 6.26 Å². The van der Waals surface area contributed by atoms with Crippen LogP contribution in [-0.2, 0) is 4.79 Å². The second kappa shape index (κ2) is 6.41. The lowest BCUT2D eigenvalue weighted by atomic mass is 10.3. The fourth-order valence-electron chi connectivity index (χ4n) is 0.427. The van der Waals surface area contributed by atoms with Crippen molar-refractivity contribution in [2.24, 2.45) is 0 Å². The molecule has 0 N–H and O–H groups in total. The van der Waals surface area contributed by atoms with Gasteiger partial charge in [-0.05, 0) is 12.8 Å². The minimum atomic E-state index is -0.476. The molecule has 8 heavy (non-hydrogen) atoms. The Morgan fingerprint density at radius 3 is 2.75 bits per heavy atom. The van der Waals surface area contributed by atoms with Gasteiger partial charge >= 0.3 is 0 Å². The van der Waals surface area contributed by atoms with Crippen molar-refractivity contribution in [3.05, 3.63) is 12.2 Å². The molecule has 0 aromatic rings. The molecule has 0 atom stereocenters. The number of hydrogen-bond acceptors (Lipinski definition) is 1. The predicted molar refractivity (Wildman–Crippen MR) is 34.7 cm³/mol. The molecule has 0 aromatic heterocycles. The lowest BCUT2D eigenvalue weighted by molar-refractivity contribution is -0.107. The maximum absolute atomic E-state index is 10.0. The second-order valence-electron chi connectivity index (χ2n) is 1.56. The van der Waals surface area contributed by atoms with Gasteiger partial charge in [-0.2, -0.15) is 0 Å². The maximum Gasteiger partial charge on any atom is 0.120 e. The molecule has 0 aliphatic carbocycles. The Labute approximate surface area is 51.8 Å². The molecule has 0 aliphatic heterocycles. The molecule has 46 valence electrons. The van der Waals surface area contributed by atoms with Gasteiger partial charge < -0.3 is 4.79 Å². The molecular formula is C7H12O. The Morgan fingerprint density at radius 1 is 1.50 bits per heavy atom. The summed E-state index contributed by atoms with van der Waals surface area (Å²) in [5, 5.41) is 0. The van der Waals surface area contributed by atoms with Gasteiger partial charge in [0.05, 0.1) is 0 Å². The van der Waals surface area contributed by atoms with Crippen LogP contribution in [0.25, 0.3) is 0 Å². The third-order valence-corrected chi connectivity index (χ3v) is 0.815. The topological polar surface area (TPSA) is 17.1 Å². The van der Waals surface area contributed by atoms with Gasteiger partial charge in [0.25, 0.3) is 0 Å². The van der Waals surface area contributed by atoms with Crippen molar-refractivity contribution in [2.75, 3.05) is 0 Å². The van der Waals surface area contributed by atoms with E-state index < -0.39 is 6.26 Å². The Kier molecular flexibility index (Phi) is 4.44. The fraction of sp³-hybridized carbons (Fsp3) is 0.571. The van der Waals surface area contributed by atoms with Crippen molar-refractivity contribution >= 4 is 6.26 Å². The molecule has 0 rings (SSSR count). The largest absolute Gasteiger partial charge is 0.303 e. The number of carbonyl (C=O) groups excluding carboxylic acids is 1. The quantitative estimate of drug-likeness (QED) is 0.402. The first-order chi connectivity index (χ1) is 4.27. The number of aldehydes is 1. The van der Waals surface area contributed by atoms with E-state index in [1.807, 2.05) is 19.1 Å². The molecule has 0 saturated heterocycles. The van der Waals surface area contributed by atoms with E-state index in [0.717, 1.165) is 12.8 Å². The standard InChI is InChI=1S/C7H12O/c1-2-3-4-5-6-7-8/h3-4,7H,2,5-6H2,1H3/b4-3-/i7D. The summed E-state index contributed by atoms with van der Waals surface area (Å²) >= 11 is 0. The fourth-order valence-corrected chi connectivity index (χ4v) is 0.427. The van der Waals surface area contributed by atoms with Crippen LogP contribution in [0.1, 0.15) is 27.6 Å². The van der Waals surface area contributed by atoms with E-state index in [1.165, 1.54) is 0 Å². The summed E-state index contributed by atoms with van der Waals surface area (Å²) in [4.78, 5) is 10.0. The average Bonchev–Trinajstić information content (AvgIpc) is 1.80. The summed E-state index contributed by atoms with van der Waals surface area (Å²) in [6.45, 7) is 2.04. The SMILES string of the molecule is [2H]C(=O)CC/C=C\CC. The van der Waals surface area contributed by atoms with Crippen molar-refractivity contribution in [3.8, 4) is 0 Å². The van der Waals surface area contributed by atoms with Gasteiger partial charge in [-0.15, -0.1) is 0 Å². The predicted octanol–water partition coefficient (Wildman–Crippen LogP) is 1.93. The zero-order valence-corrected chi connectivity index (χ0v) is 5.18. The molecule has 0 fully saturated rings. The number of carbonyl (C=O) groups is 1. The van der Waals surface area contributed by atoms with Gasteiger partial charge in [-0.1, -0.05) is 19.1 Å². The molecule has 0 spiro atoms. The molecule has 0 aromatic carbocycles. The third kappa shape index (κ3) is 5.41. The van der Waals surface area contributed by atoms with Crippen molar-refractivity contribution < 1.29 is 6.17 Å². The molecule has 0 heterocycles. The zero-order chi connectivity index (χ0) is 7.11. The van der Waals surface area contributed by atoms with Crippen LogP contribution in [0.2, 0.25) is 0 Å². The summed E-state index contributed by atoms with van der Waals surface area (Å²) in [7, 11) is 0. The summed E-state index contributed by atoms with van der Waals surface area (Å²) in [5.41, 5.74) is 0. The van der Waals surface area contributed by atoms with Crippen LogP contribution in [0, 0.1) is 0 Å². The molecule has 0 bridgehead atoms. The van der Waals surface area contributed by atoms with Gasteiger partial charge in [0.1, 0.15) is 7.63 Å². The van der Waals surface area contributed by atoms with Crippen LogP contribution in [0.4, 0.5) is 0 Å². The van der Waals surface area contributed by atoms with E-state index in [1.54, 1.807) is 0 Å². The molecule has 0 unspecified atom stereocenters. The van der Waals surface area contributed by atoms with Crippen LogP contribution in [0.5, 0.6) is 0 Å². The molecule has 0 radical (unpaired) electrons. The lowest BCUT2D eigenvalue weighted by Gasteiger charge is -1.79. The van der Waals surface area contributed by atoms with Crippen LogP contribution in [0.3, 0.4) is 0 Å². The number of allylic oxidation sites excluding steroid dienone is 2. The Bertz CT molecular complexity index is 107. The highest BCUT2D eigenvalue weighted by Crippen LogP contribution is 1.87. The Balaban J connectivity index is 3.09. The normalized spacial score (nSPS) is 11.9. The first-order valence-corrected chi connectivity index (χ1v) is 2.91. The third-order valence-electron chi connectivity index (χ3n) is 0.815. The highest BCUT2D eigenvalue weighted by Gasteiger charge is 1.74.